The molecule has 0 spiro atoms. The third kappa shape index (κ3) is 8.40. The van der Waals surface area contributed by atoms with Gasteiger partial charge < -0.3 is 39.6 Å². The summed E-state index contributed by atoms with van der Waals surface area (Å²) in [5, 5.41) is 29.5. The maximum absolute atomic E-state index is 14.4. The van der Waals surface area contributed by atoms with Crippen LogP contribution >= 0.6 is 0 Å². The highest BCUT2D eigenvalue weighted by molar-refractivity contribution is 6.06. The van der Waals surface area contributed by atoms with Gasteiger partial charge in [0.2, 0.25) is 0 Å². The summed E-state index contributed by atoms with van der Waals surface area (Å²) < 4.78 is 110. The number of pyridine rings is 1. The van der Waals surface area contributed by atoms with Crippen LogP contribution < -0.4 is 19.5 Å². The van der Waals surface area contributed by atoms with Crippen molar-refractivity contribution < 1.29 is 74.6 Å². The number of anilines is 1. The van der Waals surface area contributed by atoms with Crippen molar-refractivity contribution in [3.8, 4) is 23.0 Å². The molecule has 3 aromatic rings. The Labute approximate surface area is 223 Å². The van der Waals surface area contributed by atoms with Crippen molar-refractivity contribution in [1.29, 1.82) is 0 Å². The Morgan fingerprint density at radius 3 is 2.10 bits per heavy atom. The Bertz CT molecular complexity index is 1440. The predicted octanol–water partition coefficient (Wildman–Crippen LogP) is 3.94. The number of carbonyl (C=O) groups excluding carboxylic acids is 2. The van der Waals surface area contributed by atoms with Gasteiger partial charge in [0.05, 0.1) is 30.1 Å². The molecule has 3 rings (SSSR count). The van der Waals surface area contributed by atoms with Crippen molar-refractivity contribution in [3.63, 3.8) is 0 Å². The topological polar surface area (TPSA) is 157 Å². The summed E-state index contributed by atoms with van der Waals surface area (Å²) in [6, 6.07) is 3.89. The number of ether oxygens (including phenoxy) is 4. The van der Waals surface area contributed by atoms with Crippen molar-refractivity contribution >= 4 is 17.6 Å². The first kappa shape index (κ1) is 30.9. The number of carbonyl (C=O) groups is 2. The smallest absolute Gasteiger partial charge is 0.464 e. The molecule has 1 amide bonds. The second kappa shape index (κ2) is 11.4. The summed E-state index contributed by atoms with van der Waals surface area (Å²) in [5.74, 6) is -8.17. The number of halogens is 7. The van der Waals surface area contributed by atoms with Gasteiger partial charge in [0.15, 0.2) is 11.5 Å². The van der Waals surface area contributed by atoms with Crippen molar-refractivity contribution in [2.45, 2.75) is 18.7 Å². The second-order valence-corrected chi connectivity index (χ2v) is 7.64. The largest absolute Gasteiger partial charge is 0.573 e. The van der Waals surface area contributed by atoms with Crippen LogP contribution in [0.4, 0.5) is 36.4 Å². The lowest BCUT2D eigenvalue weighted by molar-refractivity contribution is -0.419. The molecule has 18 heteroatoms. The van der Waals surface area contributed by atoms with E-state index in [0.717, 1.165) is 25.4 Å². The zero-order chi connectivity index (χ0) is 30.8. The molecular weight excluding hydrogens is 581 g/mol. The summed E-state index contributed by atoms with van der Waals surface area (Å²) in [6.07, 6.45) is -13.6. The summed E-state index contributed by atoms with van der Waals surface area (Å²) in [6.45, 7) is 0. The number of benzene rings is 2. The third-order valence-corrected chi connectivity index (χ3v) is 4.65. The molecule has 0 aliphatic carbocycles. The molecule has 41 heavy (non-hydrogen) atoms. The van der Waals surface area contributed by atoms with Crippen molar-refractivity contribution in [1.82, 2.24) is 4.98 Å². The van der Waals surface area contributed by atoms with Gasteiger partial charge in [0, 0.05) is 6.07 Å². The van der Waals surface area contributed by atoms with Gasteiger partial charge in [-0.1, -0.05) is 0 Å². The second-order valence-electron chi connectivity index (χ2n) is 7.64. The molecule has 0 aliphatic rings. The molecule has 4 N–H and O–H groups in total. The number of aromatic nitrogens is 1. The molecule has 220 valence electrons. The average Bonchev–Trinajstić information content (AvgIpc) is 2.83. The highest BCUT2D eigenvalue weighted by Gasteiger charge is 2.37. The Morgan fingerprint density at radius 2 is 1.56 bits per heavy atom. The maximum Gasteiger partial charge on any atom is 0.573 e. The number of nitrogens with one attached hydrogen (secondary N) is 1. The van der Waals surface area contributed by atoms with E-state index in [1.165, 1.54) is 0 Å². The van der Waals surface area contributed by atoms with E-state index >= 15 is 0 Å². The monoisotopic (exact) mass is 596 g/mol. The summed E-state index contributed by atoms with van der Waals surface area (Å²) in [4.78, 5) is 28.1. The van der Waals surface area contributed by atoms with Gasteiger partial charge in [-0.05, 0) is 36.4 Å². The highest BCUT2D eigenvalue weighted by Crippen LogP contribution is 2.41. The number of rotatable bonds is 8. The van der Waals surface area contributed by atoms with Crippen LogP contribution in [0.5, 0.6) is 23.0 Å². The molecule has 0 saturated heterocycles. The fourth-order valence-corrected chi connectivity index (χ4v) is 3.04. The Kier molecular flexibility index (Phi) is 8.60. The van der Waals surface area contributed by atoms with Gasteiger partial charge in [-0.2, -0.15) is 13.2 Å². The van der Waals surface area contributed by atoms with Gasteiger partial charge in [0.25, 0.3) is 5.91 Å². The van der Waals surface area contributed by atoms with E-state index in [0.29, 0.717) is 18.2 Å². The quantitative estimate of drug-likeness (QED) is 0.171. The van der Waals surface area contributed by atoms with Crippen molar-refractivity contribution in [2.75, 3.05) is 12.4 Å². The van der Waals surface area contributed by atoms with E-state index in [-0.39, 0.29) is 23.5 Å². The number of methoxy groups -OCH3 is 1. The average molecular weight is 596 g/mol. The fourth-order valence-electron chi connectivity index (χ4n) is 3.04. The van der Waals surface area contributed by atoms with Crippen LogP contribution in [0, 0.1) is 5.82 Å². The molecule has 1 aromatic heterocycles. The number of nitrogens with zero attached hydrogens (tertiary/aromatic N) is 1. The Morgan fingerprint density at radius 1 is 0.878 bits per heavy atom. The SMILES string of the molecule is COC(=O)c1ccc(NC(=O)c2cc(F)c(C(F)(F)F)cc2Oc2ccc(OC(F)(F)F)cc2OC(O)(O)O)cn1. The van der Waals surface area contributed by atoms with E-state index in [2.05, 4.69) is 24.5 Å². The molecule has 0 saturated carbocycles. The summed E-state index contributed by atoms with van der Waals surface area (Å²) >= 11 is 0. The number of hydrogen-bond acceptors (Lipinski definition) is 10. The zero-order valence-electron chi connectivity index (χ0n) is 20.0. The van der Waals surface area contributed by atoms with Crippen LogP contribution in [0.3, 0.4) is 0 Å². The van der Waals surface area contributed by atoms with E-state index in [1.807, 2.05) is 0 Å². The molecule has 0 fully saturated rings. The van der Waals surface area contributed by atoms with Crippen LogP contribution in [-0.4, -0.2) is 51.8 Å². The van der Waals surface area contributed by atoms with Crippen LogP contribution in [0.2, 0.25) is 0 Å². The molecule has 0 unspecified atom stereocenters. The van der Waals surface area contributed by atoms with E-state index in [1.54, 1.807) is 0 Å². The lowest BCUT2D eigenvalue weighted by Crippen LogP contribution is -2.34. The fraction of sp³-hybridized carbons (Fsp3) is 0.174. The minimum Gasteiger partial charge on any atom is -0.464 e. The summed E-state index contributed by atoms with van der Waals surface area (Å²) in [7, 11) is 1.08. The normalized spacial score (nSPS) is 12.0. The molecule has 0 bridgehead atoms. The lowest BCUT2D eigenvalue weighted by Gasteiger charge is -2.20. The van der Waals surface area contributed by atoms with Crippen LogP contribution in [0.15, 0.2) is 48.7 Å². The van der Waals surface area contributed by atoms with E-state index in [9.17, 15) is 40.3 Å². The van der Waals surface area contributed by atoms with E-state index < -0.39 is 70.5 Å². The molecule has 1 heterocycles. The van der Waals surface area contributed by atoms with Crippen molar-refractivity contribution in [3.05, 3.63) is 71.3 Å². The van der Waals surface area contributed by atoms with Gasteiger partial charge in [0.1, 0.15) is 23.0 Å². The number of hydrogen-bond donors (Lipinski definition) is 4. The molecule has 0 atom stereocenters. The van der Waals surface area contributed by atoms with Crippen LogP contribution in [-0.2, 0) is 10.9 Å². The molecule has 2 aromatic carbocycles. The number of alkyl halides is 6. The van der Waals surface area contributed by atoms with Crippen LogP contribution in [0.1, 0.15) is 26.4 Å². The molecule has 0 radical (unpaired) electrons. The zero-order valence-corrected chi connectivity index (χ0v) is 20.0. The van der Waals surface area contributed by atoms with Gasteiger partial charge in [-0.3, -0.25) is 4.79 Å². The lowest BCUT2D eigenvalue weighted by atomic mass is 10.1. The molecule has 0 aliphatic heterocycles. The molecule has 11 nitrogen and oxygen atoms in total. The van der Waals surface area contributed by atoms with Crippen LogP contribution in [0.25, 0.3) is 0 Å². The summed E-state index contributed by atoms with van der Waals surface area (Å²) in [5.41, 5.74) is -3.13. The highest BCUT2D eigenvalue weighted by atomic mass is 19.4. The number of esters is 1. The third-order valence-electron chi connectivity index (χ3n) is 4.65. The number of amides is 1. The van der Waals surface area contributed by atoms with Crippen molar-refractivity contribution in [2.24, 2.45) is 0 Å². The van der Waals surface area contributed by atoms with Gasteiger partial charge in [-0.25, -0.2) is 14.2 Å². The maximum atomic E-state index is 14.4. The predicted molar refractivity (Wildman–Crippen MR) is 118 cm³/mol. The standard InChI is InChI=1S/C23H15F7N2O9/c1-38-20(34)15-4-2-10(9-31-15)32-19(33)12-7-14(24)13(21(25,26)27)8-17(12)39-16-5-3-11(40-22(28,29)30)6-18(16)41-23(35,36)37/h2-9,35-37H,1H3,(H,32,33). The first-order chi connectivity index (χ1) is 18.9. The van der Waals surface area contributed by atoms with Gasteiger partial charge in [-0.15, -0.1) is 13.2 Å². The molecular formula is C23H15F7N2O9. The van der Waals surface area contributed by atoms with E-state index in [4.69, 9.17) is 20.1 Å². The minimum atomic E-state index is -5.31. The first-order valence-corrected chi connectivity index (χ1v) is 10.6. The Hall–Kier alpha value is -4.68. The van der Waals surface area contributed by atoms with Gasteiger partial charge >= 0.3 is 24.7 Å². The number of aliphatic hydroxyl groups is 3. The Balaban J connectivity index is 2.07. The minimum absolute atomic E-state index is 0.0385. The first-order valence-electron chi connectivity index (χ1n) is 10.6.